The van der Waals surface area contributed by atoms with Crippen molar-refractivity contribution in [2.45, 2.75) is 25.7 Å². The highest BCUT2D eigenvalue weighted by Crippen LogP contribution is 2.36. The largest absolute Gasteiger partial charge is 0.496 e. The van der Waals surface area contributed by atoms with Gasteiger partial charge in [0.2, 0.25) is 5.95 Å². The number of nitrogens with zero attached hydrogens (tertiary/aromatic N) is 2. The van der Waals surface area contributed by atoms with Crippen molar-refractivity contribution in [2.75, 3.05) is 12.4 Å². The Bertz CT molecular complexity index is 1000. The van der Waals surface area contributed by atoms with E-state index in [1.807, 2.05) is 55.5 Å². The first kappa shape index (κ1) is 17.2. The van der Waals surface area contributed by atoms with Gasteiger partial charge < -0.3 is 10.1 Å². The van der Waals surface area contributed by atoms with Crippen molar-refractivity contribution in [3.05, 3.63) is 77.1 Å². The highest BCUT2D eigenvalue weighted by molar-refractivity contribution is 5.98. The Hall–Kier alpha value is -3.21. The molecule has 2 aromatic carbocycles. The maximum absolute atomic E-state index is 12.6. The standard InChI is InChI=1S/C22H21N3O2/c1-14-6-5-7-16(10-14)24-22-23-13-18-19(25-22)11-15(12-20(18)26)17-8-3-4-9-21(17)27-2/h3-10,13,15H,11-12H2,1-2H3,(H,23,24,25)/t15-/m1/s1. The minimum Gasteiger partial charge on any atom is -0.496 e. The van der Waals surface area contributed by atoms with Gasteiger partial charge in [0.05, 0.1) is 18.4 Å². The van der Waals surface area contributed by atoms with E-state index in [-0.39, 0.29) is 11.7 Å². The SMILES string of the molecule is COc1ccccc1[C@H]1CC(=O)c2cnc(Nc3cccc(C)c3)nc2C1. The number of nitrogens with one attached hydrogen (secondary N) is 1. The van der Waals surface area contributed by atoms with Crippen molar-refractivity contribution >= 4 is 17.4 Å². The van der Waals surface area contributed by atoms with E-state index in [1.54, 1.807) is 13.3 Å². The fraction of sp³-hybridized carbons (Fsp3) is 0.227. The summed E-state index contributed by atoms with van der Waals surface area (Å²) in [5, 5.41) is 3.23. The number of anilines is 2. The molecule has 0 spiro atoms. The Morgan fingerprint density at radius 2 is 1.96 bits per heavy atom. The number of hydrogen-bond donors (Lipinski definition) is 1. The van der Waals surface area contributed by atoms with Gasteiger partial charge in [0, 0.05) is 24.2 Å². The maximum Gasteiger partial charge on any atom is 0.227 e. The van der Waals surface area contributed by atoms with Crippen LogP contribution in [0.5, 0.6) is 5.75 Å². The molecule has 136 valence electrons. The highest BCUT2D eigenvalue weighted by atomic mass is 16.5. The molecular formula is C22H21N3O2. The van der Waals surface area contributed by atoms with E-state index in [2.05, 4.69) is 15.3 Å². The fourth-order valence-electron chi connectivity index (χ4n) is 3.58. The minimum atomic E-state index is 0.0582. The third kappa shape index (κ3) is 3.53. The molecule has 1 N–H and O–H groups in total. The summed E-state index contributed by atoms with van der Waals surface area (Å²) in [6.45, 7) is 2.04. The van der Waals surface area contributed by atoms with Gasteiger partial charge in [-0.15, -0.1) is 0 Å². The van der Waals surface area contributed by atoms with Crippen LogP contribution in [0.2, 0.25) is 0 Å². The van der Waals surface area contributed by atoms with E-state index in [4.69, 9.17) is 4.74 Å². The normalized spacial score (nSPS) is 15.9. The highest BCUT2D eigenvalue weighted by Gasteiger charge is 2.29. The molecule has 0 unspecified atom stereocenters. The number of methoxy groups -OCH3 is 1. The van der Waals surface area contributed by atoms with Gasteiger partial charge in [0.15, 0.2) is 5.78 Å². The lowest BCUT2D eigenvalue weighted by molar-refractivity contribution is 0.0962. The third-order valence-electron chi connectivity index (χ3n) is 4.89. The molecule has 5 nitrogen and oxygen atoms in total. The average Bonchev–Trinajstić information content (AvgIpc) is 2.67. The van der Waals surface area contributed by atoms with Crippen LogP contribution in [0.15, 0.2) is 54.7 Å². The molecule has 5 heteroatoms. The van der Waals surface area contributed by atoms with Crippen molar-refractivity contribution in [2.24, 2.45) is 0 Å². The minimum absolute atomic E-state index is 0.0582. The Labute approximate surface area is 158 Å². The first-order chi connectivity index (χ1) is 13.1. The molecule has 27 heavy (non-hydrogen) atoms. The molecule has 1 aliphatic rings. The number of fused-ring (bicyclic) bond motifs is 1. The molecule has 1 heterocycles. The number of carbonyl (C=O) groups is 1. The molecule has 0 saturated heterocycles. The number of Topliss-reactive ketones (excluding diaryl/α,β-unsaturated/α-hetero) is 1. The number of ether oxygens (including phenoxy) is 1. The van der Waals surface area contributed by atoms with Gasteiger partial charge >= 0.3 is 0 Å². The molecule has 0 aliphatic heterocycles. The number of para-hydroxylation sites is 1. The number of aromatic nitrogens is 2. The van der Waals surface area contributed by atoms with Crippen LogP contribution in [0.3, 0.4) is 0 Å². The smallest absolute Gasteiger partial charge is 0.227 e. The predicted molar refractivity (Wildman–Crippen MR) is 105 cm³/mol. The molecule has 0 bridgehead atoms. The lowest BCUT2D eigenvalue weighted by Gasteiger charge is -2.24. The van der Waals surface area contributed by atoms with Crippen LogP contribution in [-0.2, 0) is 6.42 Å². The molecule has 1 aromatic heterocycles. The first-order valence-electron chi connectivity index (χ1n) is 9.00. The van der Waals surface area contributed by atoms with Gasteiger partial charge in [-0.05, 0) is 42.7 Å². The van der Waals surface area contributed by atoms with Crippen molar-refractivity contribution in [1.82, 2.24) is 9.97 Å². The van der Waals surface area contributed by atoms with Crippen LogP contribution in [0.1, 0.15) is 39.5 Å². The number of aryl methyl sites for hydroxylation is 1. The number of ketones is 1. The summed E-state index contributed by atoms with van der Waals surface area (Å²) in [5.41, 5.74) is 4.54. The van der Waals surface area contributed by atoms with Gasteiger partial charge in [0.1, 0.15) is 5.75 Å². The Kier molecular flexibility index (Phi) is 4.59. The third-order valence-corrected chi connectivity index (χ3v) is 4.89. The van der Waals surface area contributed by atoms with E-state index in [0.717, 1.165) is 28.3 Å². The average molecular weight is 359 g/mol. The maximum atomic E-state index is 12.6. The van der Waals surface area contributed by atoms with Gasteiger partial charge in [-0.2, -0.15) is 0 Å². The van der Waals surface area contributed by atoms with Crippen LogP contribution >= 0.6 is 0 Å². The Morgan fingerprint density at radius 1 is 1.11 bits per heavy atom. The first-order valence-corrected chi connectivity index (χ1v) is 9.00. The molecule has 0 saturated carbocycles. The quantitative estimate of drug-likeness (QED) is 0.745. The number of rotatable bonds is 4. The molecule has 3 aromatic rings. The van der Waals surface area contributed by atoms with Crippen molar-refractivity contribution in [1.29, 1.82) is 0 Å². The summed E-state index contributed by atoms with van der Waals surface area (Å²) < 4.78 is 5.48. The number of hydrogen-bond acceptors (Lipinski definition) is 5. The van der Waals surface area contributed by atoms with Gasteiger partial charge in [-0.1, -0.05) is 30.3 Å². The van der Waals surface area contributed by atoms with E-state index >= 15 is 0 Å². The monoisotopic (exact) mass is 359 g/mol. The van der Waals surface area contributed by atoms with Gasteiger partial charge in [-0.3, -0.25) is 4.79 Å². The van der Waals surface area contributed by atoms with Crippen LogP contribution < -0.4 is 10.1 Å². The van der Waals surface area contributed by atoms with E-state index in [9.17, 15) is 4.79 Å². The van der Waals surface area contributed by atoms with E-state index in [0.29, 0.717) is 24.4 Å². The molecule has 1 atom stereocenters. The van der Waals surface area contributed by atoms with Crippen LogP contribution in [0.25, 0.3) is 0 Å². The van der Waals surface area contributed by atoms with Crippen molar-refractivity contribution in [3.63, 3.8) is 0 Å². The summed E-state index contributed by atoms with van der Waals surface area (Å²) in [6.07, 6.45) is 2.77. The zero-order valence-electron chi connectivity index (χ0n) is 15.4. The van der Waals surface area contributed by atoms with Gasteiger partial charge in [0.25, 0.3) is 0 Å². The number of benzene rings is 2. The topological polar surface area (TPSA) is 64.1 Å². The molecule has 0 fully saturated rings. The molecular weight excluding hydrogens is 338 g/mol. The summed E-state index contributed by atoms with van der Waals surface area (Å²) in [6, 6.07) is 15.9. The second kappa shape index (κ2) is 7.19. The summed E-state index contributed by atoms with van der Waals surface area (Å²) in [5.74, 6) is 1.45. The zero-order chi connectivity index (χ0) is 18.8. The summed E-state index contributed by atoms with van der Waals surface area (Å²) in [7, 11) is 1.66. The fourth-order valence-corrected chi connectivity index (χ4v) is 3.58. The summed E-state index contributed by atoms with van der Waals surface area (Å²) >= 11 is 0. The van der Waals surface area contributed by atoms with Crippen molar-refractivity contribution in [3.8, 4) is 5.75 Å². The molecule has 0 radical (unpaired) electrons. The second-order valence-electron chi connectivity index (χ2n) is 6.82. The predicted octanol–water partition coefficient (Wildman–Crippen LogP) is 4.45. The van der Waals surface area contributed by atoms with Crippen LogP contribution in [-0.4, -0.2) is 22.9 Å². The zero-order valence-corrected chi connectivity index (χ0v) is 15.4. The van der Waals surface area contributed by atoms with Crippen molar-refractivity contribution < 1.29 is 9.53 Å². The molecule has 0 amide bonds. The lowest BCUT2D eigenvalue weighted by atomic mass is 9.82. The Balaban J connectivity index is 1.64. The molecule has 1 aliphatic carbocycles. The lowest BCUT2D eigenvalue weighted by Crippen LogP contribution is -2.21. The van der Waals surface area contributed by atoms with Crippen LogP contribution in [0.4, 0.5) is 11.6 Å². The number of carbonyl (C=O) groups excluding carboxylic acids is 1. The molecule has 4 rings (SSSR count). The van der Waals surface area contributed by atoms with Gasteiger partial charge in [-0.25, -0.2) is 9.97 Å². The second-order valence-corrected chi connectivity index (χ2v) is 6.82. The van der Waals surface area contributed by atoms with E-state index in [1.165, 1.54) is 0 Å². The Morgan fingerprint density at radius 3 is 2.78 bits per heavy atom. The van der Waals surface area contributed by atoms with E-state index < -0.39 is 0 Å². The summed E-state index contributed by atoms with van der Waals surface area (Å²) in [4.78, 5) is 21.6. The van der Waals surface area contributed by atoms with Crippen LogP contribution in [0, 0.1) is 6.92 Å².